The van der Waals surface area contributed by atoms with Crippen molar-refractivity contribution < 1.29 is 4.42 Å². The summed E-state index contributed by atoms with van der Waals surface area (Å²) in [5.74, 6) is 0. The predicted molar refractivity (Wildman–Crippen MR) is 346 cm³/mol. The molecule has 0 radical (unpaired) electrons. The highest BCUT2D eigenvalue weighted by Gasteiger charge is 2.49. The monoisotopic (exact) mass is 1070 g/mol. The molecule has 0 amide bonds. The Morgan fingerprint density at radius 1 is 0.450 bits per heavy atom. The number of furan rings is 1. The lowest BCUT2D eigenvalue weighted by Crippen LogP contribution is -2.61. The first-order valence-electron chi connectivity index (χ1n) is 29.4. The van der Waals surface area contributed by atoms with E-state index in [-0.39, 0.29) is 39.2 Å². The fourth-order valence-corrected chi connectivity index (χ4v) is 15.7. The second kappa shape index (κ2) is 17.3. The van der Waals surface area contributed by atoms with Crippen LogP contribution in [0.2, 0.25) is 0 Å². The van der Waals surface area contributed by atoms with Crippen LogP contribution in [0.4, 0.5) is 51.2 Å². The molecule has 0 unspecified atom stereocenters. The molecule has 2 aromatic heterocycles. The number of nitrogens with zero attached hydrogens (tertiary/aromatic N) is 3. The van der Waals surface area contributed by atoms with Crippen LogP contribution in [0.25, 0.3) is 32.0 Å². The molecule has 4 aliphatic rings. The van der Waals surface area contributed by atoms with Crippen LogP contribution in [0, 0.1) is 0 Å². The van der Waals surface area contributed by atoms with Gasteiger partial charge in [0.1, 0.15) is 11.2 Å². The summed E-state index contributed by atoms with van der Waals surface area (Å²) in [6, 6.07) is 61.1. The quantitative estimate of drug-likeness (QED) is 0.160. The predicted octanol–water partition coefficient (Wildman–Crippen LogP) is 19.6. The average Bonchev–Trinajstić information content (AvgIpc) is 1.85. The molecule has 0 N–H and O–H groups in total. The minimum absolute atomic E-state index is 0.00513. The molecule has 0 saturated carbocycles. The van der Waals surface area contributed by atoms with Crippen LogP contribution in [0.1, 0.15) is 156 Å². The van der Waals surface area contributed by atoms with E-state index in [1.807, 2.05) is 11.3 Å². The summed E-state index contributed by atoms with van der Waals surface area (Å²) in [5, 5.41) is 3.56. The highest BCUT2D eigenvalue weighted by Crippen LogP contribution is 2.55. The number of hydrogen-bond acceptors (Lipinski definition) is 5. The van der Waals surface area contributed by atoms with E-state index in [4.69, 9.17) is 4.42 Å². The molecule has 4 heterocycles. The summed E-state index contributed by atoms with van der Waals surface area (Å²) in [7, 11) is 0. The van der Waals surface area contributed by atoms with Gasteiger partial charge in [0.25, 0.3) is 6.71 Å². The Labute approximate surface area is 479 Å². The molecule has 80 heavy (non-hydrogen) atoms. The summed E-state index contributed by atoms with van der Waals surface area (Å²) < 4.78 is 9.44. The van der Waals surface area contributed by atoms with Gasteiger partial charge in [0, 0.05) is 71.5 Å². The van der Waals surface area contributed by atoms with Crippen LogP contribution >= 0.6 is 11.3 Å². The summed E-state index contributed by atoms with van der Waals surface area (Å²) in [4.78, 5) is 7.86. The number of benzene rings is 8. The zero-order valence-corrected chi connectivity index (χ0v) is 50.4. The molecule has 14 rings (SSSR count). The van der Waals surface area contributed by atoms with Gasteiger partial charge in [-0.3, -0.25) is 0 Å². The lowest BCUT2D eigenvalue weighted by molar-refractivity contribution is 0.332. The van der Waals surface area contributed by atoms with Crippen molar-refractivity contribution in [2.45, 2.75) is 155 Å². The number of hydrogen-bond donors (Lipinski definition) is 0. The van der Waals surface area contributed by atoms with E-state index in [0.717, 1.165) is 64.0 Å². The maximum atomic E-state index is 6.71. The largest absolute Gasteiger partial charge is 0.456 e. The first-order valence-corrected chi connectivity index (χ1v) is 30.3. The van der Waals surface area contributed by atoms with Gasteiger partial charge in [0.05, 0.1) is 11.4 Å². The zero-order chi connectivity index (χ0) is 55.8. The normalized spacial score (nSPS) is 17.5. The fourth-order valence-electron chi connectivity index (χ4n) is 14.4. The summed E-state index contributed by atoms with van der Waals surface area (Å²) >= 11 is 2.01. The van der Waals surface area contributed by atoms with Crippen molar-refractivity contribution in [3.8, 4) is 0 Å². The minimum Gasteiger partial charge on any atom is -0.456 e. The molecule has 8 aromatic carbocycles. The second-order valence-corrected chi connectivity index (χ2v) is 29.8. The standard InChI is InChI=1S/C74H76BN3OS/c1-69(2,3)45-24-27-48(28-25-45)78-62-41-51(76(47-20-16-15-17-21-47)50-29-31-53-52-22-18-19-23-63(52)79-64(53)42-50)40-61-66(62)75(68-67(78)54-38-46(70(4,5)6)26-33-65(54)80-68)59-43-57-58(74(13,14)37-36-73(57,11)12)44-60(59)77(61)49-30-32-55-56(39-49)72(9,10)35-34-71(55,7)8/h15-33,38-44H,34-37H2,1-14H3. The molecule has 6 heteroatoms. The Morgan fingerprint density at radius 3 is 1.70 bits per heavy atom. The molecule has 2 aliphatic carbocycles. The van der Waals surface area contributed by atoms with Gasteiger partial charge in [0.15, 0.2) is 0 Å². The topological polar surface area (TPSA) is 22.9 Å². The number of anilines is 9. The number of thiophene rings is 1. The Morgan fingerprint density at radius 2 is 1.02 bits per heavy atom. The minimum atomic E-state index is -0.0414. The van der Waals surface area contributed by atoms with Gasteiger partial charge in [-0.15, -0.1) is 11.3 Å². The fraction of sp³-hybridized carbons (Fsp3) is 0.324. The van der Waals surface area contributed by atoms with Crippen LogP contribution < -0.4 is 30.4 Å². The molecule has 4 nitrogen and oxygen atoms in total. The summed E-state index contributed by atoms with van der Waals surface area (Å²) in [6.45, 7) is 33.8. The van der Waals surface area contributed by atoms with E-state index in [0.29, 0.717) is 0 Å². The van der Waals surface area contributed by atoms with Gasteiger partial charge in [-0.2, -0.15) is 0 Å². The molecule has 402 valence electrons. The van der Waals surface area contributed by atoms with Gasteiger partial charge in [-0.1, -0.05) is 164 Å². The summed E-state index contributed by atoms with van der Waals surface area (Å²) in [6.07, 6.45) is 4.61. The van der Waals surface area contributed by atoms with Crippen molar-refractivity contribution >= 4 is 117 Å². The SMILES string of the molecule is CC(C)(C)c1ccc(N2c3cc(N(c4ccccc4)c4ccc5c(c4)oc4ccccc45)cc4c3B(c3cc5c(cc3N4c3ccc4c(c3)C(C)(C)CCC4(C)C)C(C)(C)CCC5(C)C)c3sc4ccc(C(C)(C)C)cc4c32)cc1. The molecule has 2 aliphatic heterocycles. The van der Waals surface area contributed by atoms with Gasteiger partial charge in [-0.05, 0) is 187 Å². The lowest BCUT2D eigenvalue weighted by atomic mass is 9.35. The lowest BCUT2D eigenvalue weighted by Gasteiger charge is -2.48. The van der Waals surface area contributed by atoms with E-state index in [2.05, 4.69) is 269 Å². The molecular weight excluding hydrogens is 990 g/mol. The molecule has 0 atom stereocenters. The highest BCUT2D eigenvalue weighted by atomic mass is 32.1. The molecule has 0 saturated heterocycles. The molecule has 0 fully saturated rings. The Kier molecular flexibility index (Phi) is 11.0. The van der Waals surface area contributed by atoms with Gasteiger partial charge in [0.2, 0.25) is 0 Å². The Hall–Kier alpha value is -7.02. The first kappa shape index (κ1) is 51.2. The zero-order valence-electron chi connectivity index (χ0n) is 49.6. The molecule has 10 aromatic rings. The third kappa shape index (κ3) is 7.81. The van der Waals surface area contributed by atoms with Crippen molar-refractivity contribution in [3.05, 3.63) is 191 Å². The molecule has 0 spiro atoms. The third-order valence-electron chi connectivity index (χ3n) is 19.5. The number of fused-ring (bicyclic) bond motifs is 11. The van der Waals surface area contributed by atoms with E-state index in [1.165, 1.54) is 94.0 Å². The Bertz CT molecular complexity index is 4180. The second-order valence-electron chi connectivity index (χ2n) is 28.7. The summed E-state index contributed by atoms with van der Waals surface area (Å²) in [5.41, 5.74) is 23.7. The van der Waals surface area contributed by atoms with Crippen LogP contribution in [-0.4, -0.2) is 6.71 Å². The maximum Gasteiger partial charge on any atom is 0.264 e. The maximum absolute atomic E-state index is 6.71. The van der Waals surface area contributed by atoms with Crippen molar-refractivity contribution in [2.24, 2.45) is 0 Å². The van der Waals surface area contributed by atoms with E-state index in [1.54, 1.807) is 0 Å². The Balaban J connectivity index is 1.14. The van der Waals surface area contributed by atoms with E-state index in [9.17, 15) is 0 Å². The van der Waals surface area contributed by atoms with Crippen molar-refractivity contribution in [2.75, 3.05) is 14.7 Å². The number of rotatable bonds is 5. The van der Waals surface area contributed by atoms with Crippen molar-refractivity contribution in [3.63, 3.8) is 0 Å². The van der Waals surface area contributed by atoms with Crippen LogP contribution in [-0.2, 0) is 32.5 Å². The van der Waals surface area contributed by atoms with E-state index >= 15 is 0 Å². The van der Waals surface area contributed by atoms with Crippen LogP contribution in [0.5, 0.6) is 0 Å². The van der Waals surface area contributed by atoms with Gasteiger partial charge < -0.3 is 19.1 Å². The number of para-hydroxylation sites is 2. The average molecular weight is 1070 g/mol. The molecule has 0 bridgehead atoms. The first-order chi connectivity index (χ1) is 37.9. The smallest absolute Gasteiger partial charge is 0.264 e. The van der Waals surface area contributed by atoms with Crippen LogP contribution in [0.15, 0.2) is 162 Å². The third-order valence-corrected chi connectivity index (χ3v) is 20.7. The molecular formula is C74H76BN3OS. The van der Waals surface area contributed by atoms with Crippen LogP contribution in [0.3, 0.4) is 0 Å². The highest BCUT2D eigenvalue weighted by molar-refractivity contribution is 7.33. The van der Waals surface area contributed by atoms with Crippen molar-refractivity contribution in [1.29, 1.82) is 0 Å². The van der Waals surface area contributed by atoms with Crippen molar-refractivity contribution in [1.82, 2.24) is 0 Å². The van der Waals surface area contributed by atoms with Gasteiger partial charge in [-0.25, -0.2) is 0 Å². The van der Waals surface area contributed by atoms with E-state index < -0.39 is 0 Å². The van der Waals surface area contributed by atoms with Gasteiger partial charge >= 0.3 is 0 Å².